The molecule has 0 heterocycles. The molecule has 0 radical (unpaired) electrons. The predicted octanol–water partition coefficient (Wildman–Crippen LogP) is 2.64. The SMILES string of the molecule is CC#CCCC(N)c1ccc(OC)c(F)c1. The molecule has 86 valence electrons. The molecule has 1 rings (SSSR count). The van der Waals surface area contributed by atoms with Crippen molar-refractivity contribution in [3.8, 4) is 17.6 Å². The van der Waals surface area contributed by atoms with Crippen LogP contribution in [-0.4, -0.2) is 7.11 Å². The Morgan fingerprint density at radius 3 is 2.81 bits per heavy atom. The minimum absolute atomic E-state index is 0.179. The Labute approximate surface area is 95.6 Å². The summed E-state index contributed by atoms with van der Waals surface area (Å²) in [6.07, 6.45) is 1.46. The maximum atomic E-state index is 13.4. The third-order valence-corrected chi connectivity index (χ3v) is 2.36. The summed E-state index contributed by atoms with van der Waals surface area (Å²) in [6.45, 7) is 1.79. The summed E-state index contributed by atoms with van der Waals surface area (Å²) in [5, 5.41) is 0. The van der Waals surface area contributed by atoms with E-state index in [1.807, 2.05) is 0 Å². The summed E-state index contributed by atoms with van der Waals surface area (Å²) in [6, 6.07) is 4.62. The molecular formula is C13H16FNO. The van der Waals surface area contributed by atoms with Gasteiger partial charge in [0.25, 0.3) is 0 Å². The second-order valence-corrected chi connectivity index (χ2v) is 3.47. The van der Waals surface area contributed by atoms with Crippen molar-refractivity contribution in [3.05, 3.63) is 29.6 Å². The van der Waals surface area contributed by atoms with Gasteiger partial charge in [0.15, 0.2) is 11.6 Å². The van der Waals surface area contributed by atoms with Crippen molar-refractivity contribution in [2.24, 2.45) is 5.73 Å². The minimum Gasteiger partial charge on any atom is -0.494 e. The van der Waals surface area contributed by atoms with Crippen LogP contribution in [0, 0.1) is 17.7 Å². The lowest BCUT2D eigenvalue weighted by molar-refractivity contribution is 0.385. The fourth-order valence-corrected chi connectivity index (χ4v) is 1.43. The van der Waals surface area contributed by atoms with Gasteiger partial charge in [0.05, 0.1) is 7.11 Å². The van der Waals surface area contributed by atoms with Crippen molar-refractivity contribution in [1.29, 1.82) is 0 Å². The number of benzene rings is 1. The van der Waals surface area contributed by atoms with Crippen molar-refractivity contribution in [3.63, 3.8) is 0 Å². The van der Waals surface area contributed by atoms with Crippen molar-refractivity contribution in [1.82, 2.24) is 0 Å². The molecule has 0 aliphatic heterocycles. The molecule has 1 aromatic rings. The van der Waals surface area contributed by atoms with Crippen LogP contribution in [0.25, 0.3) is 0 Å². The third-order valence-electron chi connectivity index (χ3n) is 2.36. The summed E-state index contributed by atoms with van der Waals surface area (Å²) in [7, 11) is 1.44. The summed E-state index contributed by atoms with van der Waals surface area (Å²) in [5.74, 6) is 5.60. The first kappa shape index (κ1) is 12.5. The minimum atomic E-state index is -0.378. The highest BCUT2D eigenvalue weighted by molar-refractivity contribution is 5.30. The standard InChI is InChI=1S/C13H16FNO/c1-3-4-5-6-12(15)10-7-8-13(16-2)11(14)9-10/h7-9,12H,5-6,15H2,1-2H3. The summed E-state index contributed by atoms with van der Waals surface area (Å²) in [4.78, 5) is 0. The van der Waals surface area contributed by atoms with Gasteiger partial charge in [-0.2, -0.15) is 0 Å². The molecule has 16 heavy (non-hydrogen) atoms. The largest absolute Gasteiger partial charge is 0.494 e. The number of hydrogen-bond donors (Lipinski definition) is 1. The lowest BCUT2D eigenvalue weighted by atomic mass is 10.0. The normalized spacial score (nSPS) is 11.5. The maximum absolute atomic E-state index is 13.4. The van der Waals surface area contributed by atoms with Crippen LogP contribution < -0.4 is 10.5 Å². The van der Waals surface area contributed by atoms with E-state index in [0.717, 1.165) is 18.4 Å². The van der Waals surface area contributed by atoms with Crippen molar-refractivity contribution in [2.45, 2.75) is 25.8 Å². The van der Waals surface area contributed by atoms with Crippen LogP contribution in [0.1, 0.15) is 31.4 Å². The van der Waals surface area contributed by atoms with Crippen molar-refractivity contribution >= 4 is 0 Å². The molecule has 0 aromatic heterocycles. The second kappa shape index (κ2) is 6.14. The average molecular weight is 221 g/mol. The molecule has 1 atom stereocenters. The Morgan fingerprint density at radius 1 is 1.50 bits per heavy atom. The van der Waals surface area contributed by atoms with Crippen LogP contribution in [0.5, 0.6) is 5.75 Å². The Balaban J connectivity index is 2.71. The van der Waals surface area contributed by atoms with Crippen LogP contribution in [0.3, 0.4) is 0 Å². The van der Waals surface area contributed by atoms with Gasteiger partial charge in [-0.1, -0.05) is 6.07 Å². The summed E-state index contributed by atoms with van der Waals surface area (Å²) >= 11 is 0. The molecule has 0 saturated carbocycles. The highest BCUT2D eigenvalue weighted by Crippen LogP contribution is 2.22. The molecule has 0 fully saturated rings. The molecule has 2 nitrogen and oxygen atoms in total. The highest BCUT2D eigenvalue weighted by atomic mass is 19.1. The van der Waals surface area contributed by atoms with Gasteiger partial charge in [0.1, 0.15) is 0 Å². The number of methoxy groups -OCH3 is 1. The number of halogens is 1. The van der Waals surface area contributed by atoms with Crippen molar-refractivity contribution < 1.29 is 9.13 Å². The van der Waals surface area contributed by atoms with Gasteiger partial charge in [-0.25, -0.2) is 4.39 Å². The second-order valence-electron chi connectivity index (χ2n) is 3.47. The zero-order valence-electron chi connectivity index (χ0n) is 9.59. The van der Waals surface area contributed by atoms with E-state index in [-0.39, 0.29) is 17.6 Å². The van der Waals surface area contributed by atoms with E-state index >= 15 is 0 Å². The van der Waals surface area contributed by atoms with Crippen LogP contribution in [0.15, 0.2) is 18.2 Å². The lowest BCUT2D eigenvalue weighted by Crippen LogP contribution is -2.10. The van der Waals surface area contributed by atoms with E-state index in [9.17, 15) is 4.39 Å². The van der Waals surface area contributed by atoms with Gasteiger partial charge in [0.2, 0.25) is 0 Å². The quantitative estimate of drug-likeness (QED) is 0.793. The molecule has 1 unspecified atom stereocenters. The van der Waals surface area contributed by atoms with E-state index in [1.165, 1.54) is 13.2 Å². The first-order valence-corrected chi connectivity index (χ1v) is 5.17. The van der Waals surface area contributed by atoms with Gasteiger partial charge in [-0.15, -0.1) is 11.8 Å². The predicted molar refractivity (Wildman–Crippen MR) is 62.6 cm³/mol. The fourth-order valence-electron chi connectivity index (χ4n) is 1.43. The highest BCUT2D eigenvalue weighted by Gasteiger charge is 2.09. The average Bonchev–Trinajstić information content (AvgIpc) is 2.29. The molecular weight excluding hydrogens is 205 g/mol. The zero-order chi connectivity index (χ0) is 12.0. The lowest BCUT2D eigenvalue weighted by Gasteiger charge is -2.11. The van der Waals surface area contributed by atoms with Crippen LogP contribution in [0.4, 0.5) is 4.39 Å². The van der Waals surface area contributed by atoms with Crippen LogP contribution in [0.2, 0.25) is 0 Å². The zero-order valence-corrected chi connectivity index (χ0v) is 9.59. The van der Waals surface area contributed by atoms with Gasteiger partial charge in [-0.05, 0) is 31.0 Å². The molecule has 3 heteroatoms. The van der Waals surface area contributed by atoms with Gasteiger partial charge in [0, 0.05) is 12.5 Å². The van der Waals surface area contributed by atoms with E-state index in [0.29, 0.717) is 0 Å². The fraction of sp³-hybridized carbons (Fsp3) is 0.385. The first-order valence-electron chi connectivity index (χ1n) is 5.17. The third kappa shape index (κ3) is 3.25. The molecule has 0 aliphatic carbocycles. The summed E-state index contributed by atoms with van der Waals surface area (Å²) < 4.78 is 18.2. The Hall–Kier alpha value is -1.53. The first-order chi connectivity index (χ1) is 7.69. The number of hydrogen-bond acceptors (Lipinski definition) is 2. The van der Waals surface area contributed by atoms with Crippen LogP contribution in [-0.2, 0) is 0 Å². The molecule has 0 spiro atoms. The van der Waals surface area contributed by atoms with Crippen molar-refractivity contribution in [2.75, 3.05) is 7.11 Å². The smallest absolute Gasteiger partial charge is 0.165 e. The van der Waals surface area contributed by atoms with Crippen LogP contribution >= 0.6 is 0 Å². The molecule has 0 bridgehead atoms. The van der Waals surface area contributed by atoms with E-state index in [1.54, 1.807) is 19.1 Å². The van der Waals surface area contributed by atoms with E-state index in [2.05, 4.69) is 11.8 Å². The van der Waals surface area contributed by atoms with Gasteiger partial charge in [-0.3, -0.25) is 0 Å². The Kier molecular flexibility index (Phi) is 4.81. The number of ether oxygens (including phenoxy) is 1. The van der Waals surface area contributed by atoms with Gasteiger partial charge < -0.3 is 10.5 Å². The molecule has 0 aliphatic rings. The number of rotatable bonds is 4. The Bertz CT molecular complexity index is 406. The summed E-state index contributed by atoms with van der Waals surface area (Å²) in [5.41, 5.74) is 6.70. The monoisotopic (exact) mass is 221 g/mol. The van der Waals surface area contributed by atoms with Gasteiger partial charge >= 0.3 is 0 Å². The topological polar surface area (TPSA) is 35.2 Å². The Morgan fingerprint density at radius 2 is 2.25 bits per heavy atom. The molecule has 1 aromatic carbocycles. The molecule has 2 N–H and O–H groups in total. The molecule has 0 amide bonds. The van der Waals surface area contributed by atoms with E-state index in [4.69, 9.17) is 10.5 Å². The molecule has 0 saturated heterocycles. The maximum Gasteiger partial charge on any atom is 0.165 e. The number of nitrogens with two attached hydrogens (primary N) is 1. The van der Waals surface area contributed by atoms with E-state index < -0.39 is 0 Å².